The molecule has 0 aliphatic rings. The Kier molecular flexibility index (Phi) is 4.51. The van der Waals surface area contributed by atoms with Gasteiger partial charge in [0.1, 0.15) is 11.5 Å². The molecule has 5 aromatic rings. The first-order valence-electron chi connectivity index (χ1n) is 9.44. The van der Waals surface area contributed by atoms with E-state index in [0.29, 0.717) is 28.9 Å². The van der Waals surface area contributed by atoms with Crippen LogP contribution in [0.2, 0.25) is 0 Å². The number of carbonyl (C=O) groups excluding carboxylic acids is 1. The van der Waals surface area contributed by atoms with Crippen LogP contribution in [-0.2, 0) is 6.54 Å². The van der Waals surface area contributed by atoms with Gasteiger partial charge in [0.15, 0.2) is 17.3 Å². The first-order valence-corrected chi connectivity index (χ1v) is 9.44. The van der Waals surface area contributed by atoms with Gasteiger partial charge in [-0.25, -0.2) is 4.39 Å². The minimum absolute atomic E-state index is 0.184. The van der Waals surface area contributed by atoms with Crippen molar-refractivity contribution in [2.45, 2.75) is 13.5 Å². The fraction of sp³-hybridized carbons (Fsp3) is 0.0952. The average molecular weight is 417 g/mol. The summed E-state index contributed by atoms with van der Waals surface area (Å²) in [6.45, 7) is 1.93. The van der Waals surface area contributed by atoms with Gasteiger partial charge in [0.2, 0.25) is 0 Å². The van der Waals surface area contributed by atoms with E-state index in [2.05, 4.69) is 30.6 Å². The van der Waals surface area contributed by atoms with Crippen molar-refractivity contribution < 1.29 is 13.7 Å². The van der Waals surface area contributed by atoms with E-state index in [1.165, 1.54) is 12.1 Å². The Labute approximate surface area is 174 Å². The summed E-state index contributed by atoms with van der Waals surface area (Å²) >= 11 is 0. The number of H-pyrrole nitrogens is 1. The topological polar surface area (TPSA) is 114 Å². The van der Waals surface area contributed by atoms with E-state index in [1.54, 1.807) is 48.0 Å². The normalized spacial score (nSPS) is 11.2. The van der Waals surface area contributed by atoms with Gasteiger partial charge in [0.05, 0.1) is 6.54 Å². The molecule has 1 amide bonds. The lowest BCUT2D eigenvalue weighted by molar-refractivity contribution is 0.0945. The number of fused-ring (bicyclic) bond motifs is 1. The Balaban J connectivity index is 1.29. The van der Waals surface area contributed by atoms with Gasteiger partial charge < -0.3 is 14.8 Å². The molecule has 0 unspecified atom stereocenters. The van der Waals surface area contributed by atoms with Crippen LogP contribution in [0.4, 0.5) is 4.39 Å². The van der Waals surface area contributed by atoms with Gasteiger partial charge in [-0.05, 0) is 48.4 Å². The molecular formula is C21H16FN7O2. The van der Waals surface area contributed by atoms with Crippen molar-refractivity contribution in [1.29, 1.82) is 0 Å². The second-order valence-electron chi connectivity index (χ2n) is 6.90. The van der Waals surface area contributed by atoms with Gasteiger partial charge in [-0.1, -0.05) is 17.3 Å². The molecule has 0 aliphatic heterocycles. The van der Waals surface area contributed by atoms with E-state index in [0.717, 1.165) is 16.7 Å². The van der Waals surface area contributed by atoms with E-state index in [1.807, 2.05) is 6.07 Å². The molecule has 0 fully saturated rings. The average Bonchev–Trinajstić information content (AvgIpc) is 3.52. The molecule has 0 atom stereocenters. The predicted molar refractivity (Wildman–Crippen MR) is 108 cm³/mol. The lowest BCUT2D eigenvalue weighted by atomic mass is 10.1. The zero-order valence-electron chi connectivity index (χ0n) is 16.3. The molecule has 10 heteroatoms. The first kappa shape index (κ1) is 18.7. The number of halogens is 1. The molecular weight excluding hydrogens is 401 g/mol. The highest BCUT2D eigenvalue weighted by Gasteiger charge is 2.13. The van der Waals surface area contributed by atoms with Gasteiger partial charge in [-0.15, -0.1) is 10.2 Å². The second-order valence-corrected chi connectivity index (χ2v) is 6.90. The second kappa shape index (κ2) is 7.48. The maximum Gasteiger partial charge on any atom is 0.268 e. The largest absolute Gasteiger partial charge is 0.357 e. The number of rotatable bonds is 5. The summed E-state index contributed by atoms with van der Waals surface area (Å²) in [5, 5.41) is 14.9. The minimum atomic E-state index is -0.308. The van der Waals surface area contributed by atoms with E-state index in [4.69, 9.17) is 4.52 Å². The van der Waals surface area contributed by atoms with Crippen LogP contribution in [0.15, 0.2) is 59.4 Å². The smallest absolute Gasteiger partial charge is 0.268 e. The van der Waals surface area contributed by atoms with Crippen LogP contribution < -0.4 is 5.32 Å². The highest BCUT2D eigenvalue weighted by molar-refractivity contribution is 5.93. The molecule has 31 heavy (non-hydrogen) atoms. The third-order valence-corrected chi connectivity index (χ3v) is 4.77. The minimum Gasteiger partial charge on any atom is -0.357 e. The van der Waals surface area contributed by atoms with Crippen molar-refractivity contribution >= 4 is 11.6 Å². The van der Waals surface area contributed by atoms with E-state index < -0.39 is 0 Å². The van der Waals surface area contributed by atoms with Gasteiger partial charge >= 0.3 is 0 Å². The molecule has 154 valence electrons. The molecule has 0 bridgehead atoms. The van der Waals surface area contributed by atoms with Crippen molar-refractivity contribution in [3.8, 4) is 22.6 Å². The number of aromatic amines is 1. The molecule has 1 aromatic carbocycles. The summed E-state index contributed by atoms with van der Waals surface area (Å²) in [4.78, 5) is 19.7. The van der Waals surface area contributed by atoms with Gasteiger partial charge in [0.25, 0.3) is 11.8 Å². The van der Waals surface area contributed by atoms with Crippen LogP contribution >= 0.6 is 0 Å². The maximum absolute atomic E-state index is 13.1. The highest BCUT2D eigenvalue weighted by Crippen LogP contribution is 2.21. The number of nitrogens with one attached hydrogen (secondary N) is 2. The summed E-state index contributed by atoms with van der Waals surface area (Å²) in [6, 6.07) is 11.4. The summed E-state index contributed by atoms with van der Waals surface area (Å²) < 4.78 is 20.0. The number of pyridine rings is 1. The molecule has 0 saturated heterocycles. The molecule has 2 N–H and O–H groups in total. The van der Waals surface area contributed by atoms with Crippen LogP contribution in [0.1, 0.15) is 22.1 Å². The number of hydrogen-bond acceptors (Lipinski definition) is 6. The van der Waals surface area contributed by atoms with E-state index in [9.17, 15) is 9.18 Å². The Morgan fingerprint density at radius 1 is 1.13 bits per heavy atom. The molecule has 4 heterocycles. The van der Waals surface area contributed by atoms with E-state index in [-0.39, 0.29) is 18.3 Å². The summed E-state index contributed by atoms with van der Waals surface area (Å²) in [5.74, 6) is 0.926. The molecule has 9 nitrogen and oxygen atoms in total. The Bertz CT molecular complexity index is 1380. The van der Waals surface area contributed by atoms with Crippen molar-refractivity contribution in [1.82, 2.24) is 35.0 Å². The first-order chi connectivity index (χ1) is 15.1. The third-order valence-electron chi connectivity index (χ3n) is 4.77. The SMILES string of the molecule is Cc1noc(-c2ccn3c(CNC(=O)c4cc(-c5ccc(F)cc5)c[nH]4)nnc3c2)n1. The molecule has 4 aromatic heterocycles. The lowest BCUT2D eigenvalue weighted by Crippen LogP contribution is -2.24. The summed E-state index contributed by atoms with van der Waals surface area (Å²) in [7, 11) is 0. The number of hydrogen-bond donors (Lipinski definition) is 2. The molecule has 0 saturated carbocycles. The van der Waals surface area contributed by atoms with Crippen molar-refractivity contribution in [2.24, 2.45) is 0 Å². The molecule has 0 radical (unpaired) electrons. The van der Waals surface area contributed by atoms with Crippen LogP contribution in [0.25, 0.3) is 28.2 Å². The standard InChI is InChI=1S/C21H16FN7O2/c1-12-25-21(31-28-12)14-6-7-29-18(9-14)26-27-19(29)11-24-20(30)17-8-15(10-23-17)13-2-4-16(22)5-3-13/h2-10,23H,11H2,1H3,(H,24,30). The number of benzene rings is 1. The fourth-order valence-electron chi connectivity index (χ4n) is 3.20. The third kappa shape index (κ3) is 3.66. The quantitative estimate of drug-likeness (QED) is 0.454. The molecule has 0 aliphatic carbocycles. The number of carbonyl (C=O) groups is 1. The zero-order chi connectivity index (χ0) is 21.4. The molecule has 5 rings (SSSR count). The van der Waals surface area contributed by atoms with Crippen molar-refractivity contribution in [2.75, 3.05) is 0 Å². The van der Waals surface area contributed by atoms with Crippen LogP contribution in [0, 0.1) is 12.7 Å². The maximum atomic E-state index is 13.1. The number of aryl methyl sites for hydroxylation is 1. The van der Waals surface area contributed by atoms with Gasteiger partial charge in [0, 0.05) is 18.0 Å². The molecule has 0 spiro atoms. The number of aromatic nitrogens is 6. The fourth-order valence-corrected chi connectivity index (χ4v) is 3.20. The summed E-state index contributed by atoms with van der Waals surface area (Å²) in [6.07, 6.45) is 3.49. The zero-order valence-corrected chi connectivity index (χ0v) is 16.3. The highest BCUT2D eigenvalue weighted by atomic mass is 19.1. The van der Waals surface area contributed by atoms with Crippen LogP contribution in [-0.4, -0.2) is 35.6 Å². The monoisotopic (exact) mass is 417 g/mol. The van der Waals surface area contributed by atoms with Crippen LogP contribution in [0.5, 0.6) is 0 Å². The van der Waals surface area contributed by atoms with Crippen molar-refractivity contribution in [3.63, 3.8) is 0 Å². The Morgan fingerprint density at radius 3 is 2.74 bits per heavy atom. The predicted octanol–water partition coefficient (Wildman–Crippen LogP) is 3.15. The van der Waals surface area contributed by atoms with E-state index >= 15 is 0 Å². The summed E-state index contributed by atoms with van der Waals surface area (Å²) in [5.41, 5.74) is 3.32. The Hall–Kier alpha value is -4.34. The van der Waals surface area contributed by atoms with Crippen LogP contribution in [0.3, 0.4) is 0 Å². The number of nitrogens with zero attached hydrogens (tertiary/aromatic N) is 5. The van der Waals surface area contributed by atoms with Gasteiger partial charge in [-0.2, -0.15) is 4.98 Å². The lowest BCUT2D eigenvalue weighted by Gasteiger charge is -2.03. The van der Waals surface area contributed by atoms with Crippen molar-refractivity contribution in [3.05, 3.63) is 78.0 Å². The van der Waals surface area contributed by atoms with Gasteiger partial charge in [-0.3, -0.25) is 9.20 Å². The number of amides is 1. The Morgan fingerprint density at radius 2 is 1.97 bits per heavy atom.